The molecule has 1 aliphatic heterocycles. The van der Waals surface area contributed by atoms with Crippen LogP contribution in [0.2, 0.25) is 0 Å². The van der Waals surface area contributed by atoms with Crippen LogP contribution in [0.5, 0.6) is 0 Å². The predicted octanol–water partition coefficient (Wildman–Crippen LogP) is 0.550. The van der Waals surface area contributed by atoms with E-state index in [0.29, 0.717) is 32.4 Å². The molecule has 2 rings (SSSR count). The van der Waals surface area contributed by atoms with Gasteiger partial charge in [-0.15, -0.1) is 0 Å². The monoisotopic (exact) mass is 297 g/mol. The van der Waals surface area contributed by atoms with Gasteiger partial charge in [-0.1, -0.05) is 13.3 Å². The molecule has 7 nitrogen and oxygen atoms in total. The minimum atomic E-state index is -0.794. The molecule has 0 bridgehead atoms. The summed E-state index contributed by atoms with van der Waals surface area (Å²) in [6.45, 7) is 2.83. The number of aliphatic carboxylic acids is 1. The van der Waals surface area contributed by atoms with Gasteiger partial charge >= 0.3 is 12.0 Å². The molecule has 1 saturated heterocycles. The molecule has 118 valence electrons. The van der Waals surface area contributed by atoms with Crippen molar-refractivity contribution >= 4 is 17.9 Å². The second kappa shape index (κ2) is 6.78. The fourth-order valence-corrected chi connectivity index (χ4v) is 3.17. The van der Waals surface area contributed by atoms with Crippen molar-refractivity contribution in [2.45, 2.75) is 51.1 Å². The molecular formula is C14H23N3O4. The van der Waals surface area contributed by atoms with Crippen molar-refractivity contribution in [1.82, 2.24) is 15.5 Å². The SMILES string of the molecule is CCC1C(=O)NCCN1C(=O)NC1CCCC(C(=O)O)C1. The van der Waals surface area contributed by atoms with E-state index in [2.05, 4.69) is 10.6 Å². The molecule has 1 aliphatic carbocycles. The molecule has 0 aromatic rings. The molecule has 0 aromatic carbocycles. The predicted molar refractivity (Wildman–Crippen MR) is 75.7 cm³/mol. The molecule has 7 heteroatoms. The van der Waals surface area contributed by atoms with Crippen LogP contribution in [0.3, 0.4) is 0 Å². The molecule has 21 heavy (non-hydrogen) atoms. The van der Waals surface area contributed by atoms with Gasteiger partial charge in [0.05, 0.1) is 5.92 Å². The number of carboxylic acid groups (broad SMARTS) is 1. The number of rotatable bonds is 3. The second-order valence-corrected chi connectivity index (χ2v) is 5.76. The number of amides is 3. The molecule has 3 unspecified atom stereocenters. The molecule has 1 heterocycles. The highest BCUT2D eigenvalue weighted by Gasteiger charge is 2.34. The van der Waals surface area contributed by atoms with Crippen molar-refractivity contribution in [1.29, 1.82) is 0 Å². The van der Waals surface area contributed by atoms with Crippen LogP contribution >= 0.6 is 0 Å². The number of carbonyl (C=O) groups excluding carboxylic acids is 2. The van der Waals surface area contributed by atoms with E-state index in [4.69, 9.17) is 5.11 Å². The van der Waals surface area contributed by atoms with Gasteiger partial charge in [-0.3, -0.25) is 9.59 Å². The van der Waals surface area contributed by atoms with Crippen molar-refractivity contribution in [3.05, 3.63) is 0 Å². The number of piperazine rings is 1. The molecule has 3 N–H and O–H groups in total. The largest absolute Gasteiger partial charge is 0.481 e. The fraction of sp³-hybridized carbons (Fsp3) is 0.786. The Morgan fingerprint density at radius 2 is 2.19 bits per heavy atom. The first-order chi connectivity index (χ1) is 10.0. The Balaban J connectivity index is 1.93. The molecule has 0 radical (unpaired) electrons. The smallest absolute Gasteiger partial charge is 0.318 e. The number of urea groups is 1. The van der Waals surface area contributed by atoms with Crippen LogP contribution < -0.4 is 10.6 Å². The Labute approximate surface area is 124 Å². The normalized spacial score (nSPS) is 29.7. The highest BCUT2D eigenvalue weighted by atomic mass is 16.4. The van der Waals surface area contributed by atoms with E-state index in [0.717, 1.165) is 12.8 Å². The third-order valence-corrected chi connectivity index (χ3v) is 4.33. The van der Waals surface area contributed by atoms with E-state index >= 15 is 0 Å². The fourth-order valence-electron chi connectivity index (χ4n) is 3.17. The van der Waals surface area contributed by atoms with E-state index in [-0.39, 0.29) is 23.9 Å². The van der Waals surface area contributed by atoms with Crippen molar-refractivity contribution in [2.24, 2.45) is 5.92 Å². The number of carboxylic acids is 1. The summed E-state index contributed by atoms with van der Waals surface area (Å²) in [7, 11) is 0. The summed E-state index contributed by atoms with van der Waals surface area (Å²) < 4.78 is 0. The van der Waals surface area contributed by atoms with Crippen molar-refractivity contribution in [3.63, 3.8) is 0 Å². The van der Waals surface area contributed by atoms with Crippen LogP contribution in [-0.2, 0) is 9.59 Å². The minimum Gasteiger partial charge on any atom is -0.481 e. The average Bonchev–Trinajstić information content (AvgIpc) is 2.47. The summed E-state index contributed by atoms with van der Waals surface area (Å²) in [6.07, 6.45) is 3.32. The standard InChI is InChI=1S/C14H23N3O4/c1-2-11-12(18)15-6-7-17(11)14(21)16-10-5-3-4-9(8-10)13(19)20/h9-11H,2-8H2,1H3,(H,15,18)(H,16,21)(H,19,20). The van der Waals surface area contributed by atoms with Crippen LogP contribution in [-0.4, -0.2) is 53.1 Å². The van der Waals surface area contributed by atoms with Crippen molar-refractivity contribution < 1.29 is 19.5 Å². The highest BCUT2D eigenvalue weighted by molar-refractivity contribution is 5.88. The lowest BCUT2D eigenvalue weighted by Gasteiger charge is -2.36. The van der Waals surface area contributed by atoms with Crippen LogP contribution in [0.4, 0.5) is 4.79 Å². The first kappa shape index (κ1) is 15.6. The maximum absolute atomic E-state index is 12.3. The Morgan fingerprint density at radius 3 is 2.86 bits per heavy atom. The topological polar surface area (TPSA) is 98.7 Å². The summed E-state index contributed by atoms with van der Waals surface area (Å²) in [5.41, 5.74) is 0. The summed E-state index contributed by atoms with van der Waals surface area (Å²) >= 11 is 0. The molecule has 2 aliphatic rings. The van der Waals surface area contributed by atoms with Gasteiger partial charge in [-0.25, -0.2) is 4.79 Å². The molecule has 2 fully saturated rings. The summed E-state index contributed by atoms with van der Waals surface area (Å²) in [4.78, 5) is 36.7. The Hall–Kier alpha value is -1.79. The van der Waals surface area contributed by atoms with E-state index in [9.17, 15) is 14.4 Å². The summed E-state index contributed by atoms with van der Waals surface area (Å²) in [6, 6.07) is -0.805. The average molecular weight is 297 g/mol. The second-order valence-electron chi connectivity index (χ2n) is 5.76. The first-order valence-electron chi connectivity index (χ1n) is 7.60. The third-order valence-electron chi connectivity index (χ3n) is 4.33. The van der Waals surface area contributed by atoms with Gasteiger partial charge < -0.3 is 20.6 Å². The number of nitrogens with zero attached hydrogens (tertiary/aromatic N) is 1. The van der Waals surface area contributed by atoms with Gasteiger partial charge in [0.1, 0.15) is 6.04 Å². The summed E-state index contributed by atoms with van der Waals surface area (Å²) in [5.74, 6) is -1.29. The lowest BCUT2D eigenvalue weighted by atomic mass is 9.86. The van der Waals surface area contributed by atoms with Gasteiger partial charge in [0.15, 0.2) is 0 Å². The molecule has 0 aromatic heterocycles. The maximum Gasteiger partial charge on any atom is 0.318 e. The van der Waals surface area contributed by atoms with Crippen LogP contribution in [0, 0.1) is 5.92 Å². The first-order valence-corrected chi connectivity index (χ1v) is 7.60. The van der Waals surface area contributed by atoms with Crippen LogP contribution in [0.15, 0.2) is 0 Å². The van der Waals surface area contributed by atoms with Crippen LogP contribution in [0.25, 0.3) is 0 Å². The Morgan fingerprint density at radius 1 is 1.43 bits per heavy atom. The Kier molecular flexibility index (Phi) is 5.03. The van der Waals surface area contributed by atoms with Crippen molar-refractivity contribution in [2.75, 3.05) is 13.1 Å². The maximum atomic E-state index is 12.3. The van der Waals surface area contributed by atoms with Crippen LogP contribution in [0.1, 0.15) is 39.0 Å². The molecule has 0 spiro atoms. The van der Waals surface area contributed by atoms with Gasteiger partial charge in [0.2, 0.25) is 5.91 Å². The number of carbonyl (C=O) groups is 3. The van der Waals surface area contributed by atoms with E-state index in [1.165, 1.54) is 0 Å². The minimum absolute atomic E-state index is 0.116. The van der Waals surface area contributed by atoms with E-state index < -0.39 is 12.0 Å². The zero-order valence-electron chi connectivity index (χ0n) is 12.3. The lowest BCUT2D eigenvalue weighted by Crippen LogP contribution is -2.60. The number of hydrogen-bond acceptors (Lipinski definition) is 3. The number of nitrogens with one attached hydrogen (secondary N) is 2. The van der Waals surface area contributed by atoms with E-state index in [1.807, 2.05) is 6.92 Å². The highest BCUT2D eigenvalue weighted by Crippen LogP contribution is 2.24. The van der Waals surface area contributed by atoms with Gasteiger partial charge in [-0.05, 0) is 25.7 Å². The lowest BCUT2D eigenvalue weighted by molar-refractivity contribution is -0.143. The third kappa shape index (κ3) is 3.65. The van der Waals surface area contributed by atoms with Gasteiger partial charge in [-0.2, -0.15) is 0 Å². The van der Waals surface area contributed by atoms with Gasteiger partial charge in [0, 0.05) is 19.1 Å². The van der Waals surface area contributed by atoms with Crippen molar-refractivity contribution in [3.8, 4) is 0 Å². The molecule has 3 atom stereocenters. The Bertz CT molecular complexity index is 426. The molecule has 1 saturated carbocycles. The van der Waals surface area contributed by atoms with Gasteiger partial charge in [0.25, 0.3) is 0 Å². The zero-order valence-corrected chi connectivity index (χ0v) is 12.3. The summed E-state index contributed by atoms with van der Waals surface area (Å²) in [5, 5.41) is 14.7. The number of hydrogen-bond donors (Lipinski definition) is 3. The quantitative estimate of drug-likeness (QED) is 0.708. The molecule has 3 amide bonds. The van der Waals surface area contributed by atoms with E-state index in [1.54, 1.807) is 4.90 Å². The molecular weight excluding hydrogens is 274 g/mol. The zero-order chi connectivity index (χ0) is 15.4.